The van der Waals surface area contributed by atoms with E-state index in [0.29, 0.717) is 23.4 Å². The number of fused-ring (bicyclic) bond motifs is 1. The molecule has 0 unspecified atom stereocenters. The van der Waals surface area contributed by atoms with Gasteiger partial charge in [0.05, 0.1) is 11.4 Å². The molecule has 1 saturated carbocycles. The van der Waals surface area contributed by atoms with Crippen molar-refractivity contribution in [3.05, 3.63) is 73.1 Å². The molecule has 1 saturated heterocycles. The Morgan fingerprint density at radius 1 is 1.05 bits per heavy atom. The summed E-state index contributed by atoms with van der Waals surface area (Å²) in [4.78, 5) is 24.0. The largest absolute Gasteiger partial charge is 0.457 e. The molecule has 3 N–H and O–H groups in total. The van der Waals surface area contributed by atoms with Gasteiger partial charge < -0.3 is 15.8 Å². The summed E-state index contributed by atoms with van der Waals surface area (Å²) < 4.78 is 8.20. The number of aromatic nitrogens is 4. The normalized spacial score (nSPS) is 19.9. The number of allylic oxidation sites excluding steroid dienone is 1. The van der Waals surface area contributed by atoms with Crippen molar-refractivity contribution < 1.29 is 9.53 Å². The summed E-state index contributed by atoms with van der Waals surface area (Å²) in [6.07, 6.45) is 7.38. The average molecular weight is 538 g/mol. The monoisotopic (exact) mass is 537 g/mol. The molecule has 1 aliphatic heterocycles. The minimum atomic E-state index is -0.0884. The summed E-state index contributed by atoms with van der Waals surface area (Å²) in [6.45, 7) is 8.02. The number of benzene rings is 2. The van der Waals surface area contributed by atoms with Crippen LogP contribution in [0.3, 0.4) is 0 Å². The summed E-state index contributed by atoms with van der Waals surface area (Å²) in [6, 6.07) is 16.2. The number of ether oxygens (including phenoxy) is 1. The molecular weight excluding hydrogens is 502 g/mol. The van der Waals surface area contributed by atoms with Gasteiger partial charge in [0.25, 0.3) is 0 Å². The van der Waals surface area contributed by atoms with Crippen molar-refractivity contribution in [3.63, 3.8) is 0 Å². The lowest BCUT2D eigenvalue weighted by Crippen LogP contribution is -2.49. The molecule has 6 rings (SSSR count). The molecule has 206 valence electrons. The lowest BCUT2D eigenvalue weighted by molar-refractivity contribution is -0.114. The number of anilines is 1. The van der Waals surface area contributed by atoms with Gasteiger partial charge in [-0.3, -0.25) is 9.69 Å². The van der Waals surface area contributed by atoms with E-state index in [1.54, 1.807) is 0 Å². The van der Waals surface area contributed by atoms with E-state index in [2.05, 4.69) is 31.4 Å². The van der Waals surface area contributed by atoms with Gasteiger partial charge in [0, 0.05) is 49.8 Å². The predicted molar refractivity (Wildman–Crippen MR) is 156 cm³/mol. The van der Waals surface area contributed by atoms with Gasteiger partial charge in [-0.2, -0.15) is 5.10 Å². The first-order valence-corrected chi connectivity index (χ1v) is 14.1. The second kappa shape index (κ2) is 11.6. The highest BCUT2D eigenvalue weighted by atomic mass is 16.5. The van der Waals surface area contributed by atoms with Crippen LogP contribution in [0.25, 0.3) is 22.3 Å². The van der Waals surface area contributed by atoms with E-state index in [1.165, 1.54) is 12.4 Å². The number of nitrogens with zero attached hydrogens (tertiary/aromatic N) is 5. The Morgan fingerprint density at radius 2 is 1.80 bits per heavy atom. The molecule has 2 fully saturated rings. The highest BCUT2D eigenvalue weighted by Crippen LogP contribution is 2.38. The zero-order chi connectivity index (χ0) is 27.5. The SMILES string of the molecule is C=CC(=O)Cc1cc(-c2nn(C3CCC(N4CCNCC4)CC3)c3ncnc(N)c23)ccc1Oc1ccccc1. The maximum Gasteiger partial charge on any atom is 0.164 e. The van der Waals surface area contributed by atoms with Crippen LogP contribution in [-0.4, -0.2) is 62.7 Å². The summed E-state index contributed by atoms with van der Waals surface area (Å²) in [7, 11) is 0. The van der Waals surface area contributed by atoms with Crippen LogP contribution < -0.4 is 15.8 Å². The van der Waals surface area contributed by atoms with Gasteiger partial charge in [-0.15, -0.1) is 0 Å². The standard InChI is InChI=1S/C31H35N7O2/c1-2-25(39)19-22-18-21(8-13-27(22)40-26-6-4-3-5-7-26)29-28-30(32)34-20-35-31(28)38(36-29)24-11-9-23(10-12-24)37-16-14-33-15-17-37/h2-8,13,18,20,23-24,33H,1,9-12,14-17,19H2,(H2,32,34,35). The molecule has 40 heavy (non-hydrogen) atoms. The maximum atomic E-state index is 12.4. The van der Waals surface area contributed by atoms with Gasteiger partial charge in [0.15, 0.2) is 11.4 Å². The molecule has 0 amide bonds. The third-order valence-electron chi connectivity index (χ3n) is 8.10. The number of para-hydroxylation sites is 1. The third-order valence-corrected chi connectivity index (χ3v) is 8.10. The fourth-order valence-electron chi connectivity index (χ4n) is 6.01. The summed E-state index contributed by atoms with van der Waals surface area (Å²) in [5.41, 5.74) is 9.48. The Bertz CT molecular complexity index is 1500. The molecule has 9 nitrogen and oxygen atoms in total. The van der Waals surface area contributed by atoms with E-state index in [-0.39, 0.29) is 18.2 Å². The highest BCUT2D eigenvalue weighted by Gasteiger charge is 2.30. The average Bonchev–Trinajstić information content (AvgIpc) is 3.40. The van der Waals surface area contributed by atoms with Crippen molar-refractivity contribution in [1.82, 2.24) is 30.0 Å². The maximum absolute atomic E-state index is 12.4. The number of ketones is 1. The number of hydrogen-bond acceptors (Lipinski definition) is 8. The molecule has 0 atom stereocenters. The molecule has 0 spiro atoms. The van der Waals surface area contributed by atoms with Crippen LogP contribution in [0.15, 0.2) is 67.5 Å². The zero-order valence-corrected chi connectivity index (χ0v) is 22.6. The van der Waals surface area contributed by atoms with Gasteiger partial charge >= 0.3 is 0 Å². The minimum absolute atomic E-state index is 0.0884. The number of piperazine rings is 1. The van der Waals surface area contributed by atoms with Crippen LogP contribution in [0.1, 0.15) is 37.3 Å². The second-order valence-electron chi connectivity index (χ2n) is 10.6. The van der Waals surface area contributed by atoms with Crippen LogP contribution in [0.4, 0.5) is 5.82 Å². The number of nitrogens with one attached hydrogen (secondary N) is 1. The van der Waals surface area contributed by atoms with Crippen molar-refractivity contribution in [2.24, 2.45) is 0 Å². The van der Waals surface area contributed by atoms with Crippen molar-refractivity contribution in [2.45, 2.75) is 44.2 Å². The van der Waals surface area contributed by atoms with E-state index in [0.717, 1.165) is 79.7 Å². The van der Waals surface area contributed by atoms with E-state index >= 15 is 0 Å². The second-order valence-corrected chi connectivity index (χ2v) is 10.6. The molecule has 3 heterocycles. The van der Waals surface area contributed by atoms with Gasteiger partial charge in [-0.05, 0) is 62.1 Å². The Morgan fingerprint density at radius 3 is 2.55 bits per heavy atom. The molecule has 2 aromatic carbocycles. The molecule has 2 aliphatic rings. The van der Waals surface area contributed by atoms with Crippen LogP contribution in [0.2, 0.25) is 0 Å². The predicted octanol–water partition coefficient (Wildman–Crippen LogP) is 4.55. The Balaban J connectivity index is 1.34. The van der Waals surface area contributed by atoms with Crippen LogP contribution >= 0.6 is 0 Å². The zero-order valence-electron chi connectivity index (χ0n) is 22.6. The fourth-order valence-corrected chi connectivity index (χ4v) is 6.01. The molecule has 0 radical (unpaired) electrons. The Labute approximate surface area is 234 Å². The van der Waals surface area contributed by atoms with Gasteiger partial charge in [-0.25, -0.2) is 14.6 Å². The quantitative estimate of drug-likeness (QED) is 0.315. The van der Waals surface area contributed by atoms with Gasteiger partial charge in [0.1, 0.15) is 29.3 Å². The molecule has 1 aliphatic carbocycles. The lowest BCUT2D eigenvalue weighted by atomic mass is 9.90. The highest BCUT2D eigenvalue weighted by molar-refractivity contribution is 5.99. The van der Waals surface area contributed by atoms with E-state index in [4.69, 9.17) is 15.6 Å². The summed E-state index contributed by atoms with van der Waals surface area (Å²) in [5, 5.41) is 9.29. The van der Waals surface area contributed by atoms with Crippen LogP contribution in [-0.2, 0) is 11.2 Å². The van der Waals surface area contributed by atoms with Crippen molar-refractivity contribution in [3.8, 4) is 22.8 Å². The summed E-state index contributed by atoms with van der Waals surface area (Å²) >= 11 is 0. The number of hydrogen-bond donors (Lipinski definition) is 2. The molecule has 2 aromatic heterocycles. The molecular formula is C31H35N7O2. The molecule has 0 bridgehead atoms. The first-order valence-electron chi connectivity index (χ1n) is 14.1. The number of rotatable bonds is 8. The fraction of sp³-hybridized carbons (Fsp3) is 0.355. The number of carbonyl (C=O) groups is 1. The van der Waals surface area contributed by atoms with E-state index in [9.17, 15) is 4.79 Å². The molecule has 9 heteroatoms. The van der Waals surface area contributed by atoms with Crippen LogP contribution in [0.5, 0.6) is 11.5 Å². The van der Waals surface area contributed by atoms with Gasteiger partial charge in [-0.1, -0.05) is 24.8 Å². The van der Waals surface area contributed by atoms with Crippen molar-refractivity contribution in [1.29, 1.82) is 0 Å². The summed E-state index contributed by atoms with van der Waals surface area (Å²) in [5.74, 6) is 1.62. The van der Waals surface area contributed by atoms with E-state index < -0.39 is 0 Å². The minimum Gasteiger partial charge on any atom is -0.457 e. The number of nitrogen functional groups attached to an aromatic ring is 1. The number of nitrogens with two attached hydrogens (primary N) is 1. The Kier molecular flexibility index (Phi) is 7.57. The van der Waals surface area contributed by atoms with E-state index in [1.807, 2.05) is 48.5 Å². The third kappa shape index (κ3) is 5.35. The van der Waals surface area contributed by atoms with Gasteiger partial charge in [0.2, 0.25) is 0 Å². The van der Waals surface area contributed by atoms with Crippen LogP contribution in [0, 0.1) is 0 Å². The first kappa shape index (κ1) is 26.2. The Hall–Kier alpha value is -4.08. The first-order chi connectivity index (χ1) is 19.6. The molecule has 4 aromatic rings. The number of carbonyl (C=O) groups excluding carboxylic acids is 1. The lowest BCUT2D eigenvalue weighted by Gasteiger charge is -2.39. The topological polar surface area (TPSA) is 111 Å². The smallest absolute Gasteiger partial charge is 0.164 e. The van der Waals surface area contributed by atoms with Crippen molar-refractivity contribution >= 4 is 22.6 Å². The van der Waals surface area contributed by atoms with Crippen molar-refractivity contribution in [2.75, 3.05) is 31.9 Å².